The molecule has 4 rings (SSSR count). The molecule has 0 atom stereocenters. The topological polar surface area (TPSA) is 54.0 Å². The number of nitrogens with one attached hydrogen (secondary N) is 1. The molecule has 4 fully saturated rings. The van der Waals surface area contributed by atoms with Gasteiger partial charge in [-0.3, -0.25) is 0 Å². The molecule has 0 radical (unpaired) electrons. The molecule has 6 heteroatoms. The van der Waals surface area contributed by atoms with Gasteiger partial charge in [-0.25, -0.2) is 4.79 Å². The number of urea groups is 1. The summed E-state index contributed by atoms with van der Waals surface area (Å²) in [5.41, 5.74) is 0. The molecule has 130 valence electrons. The number of nitrogens with zero attached hydrogens (tertiary/aromatic N) is 2. The zero-order chi connectivity index (χ0) is 15.7. The van der Waals surface area contributed by atoms with Crippen LogP contribution in [-0.2, 0) is 9.47 Å². The van der Waals surface area contributed by atoms with Gasteiger partial charge in [0.15, 0.2) is 5.79 Å². The third kappa shape index (κ3) is 3.35. The van der Waals surface area contributed by atoms with Gasteiger partial charge in [-0.05, 0) is 31.6 Å². The van der Waals surface area contributed by atoms with E-state index in [-0.39, 0.29) is 11.8 Å². The summed E-state index contributed by atoms with van der Waals surface area (Å²) < 4.78 is 11.6. The Kier molecular flexibility index (Phi) is 4.48. The predicted octanol–water partition coefficient (Wildman–Crippen LogP) is 1.41. The first-order valence-electron chi connectivity index (χ1n) is 9.29. The van der Waals surface area contributed by atoms with Crippen molar-refractivity contribution in [1.29, 1.82) is 0 Å². The summed E-state index contributed by atoms with van der Waals surface area (Å²) >= 11 is 0. The fourth-order valence-electron chi connectivity index (χ4n) is 4.70. The van der Waals surface area contributed by atoms with Crippen LogP contribution in [0.25, 0.3) is 0 Å². The lowest BCUT2D eigenvalue weighted by Gasteiger charge is -2.40. The van der Waals surface area contributed by atoms with Crippen LogP contribution < -0.4 is 5.32 Å². The van der Waals surface area contributed by atoms with Gasteiger partial charge in [0.1, 0.15) is 0 Å². The van der Waals surface area contributed by atoms with E-state index in [1.54, 1.807) is 0 Å². The molecule has 3 aliphatic heterocycles. The maximum absolute atomic E-state index is 11.8. The molecule has 2 amide bonds. The number of hydrogen-bond donors (Lipinski definition) is 1. The molecule has 1 aliphatic carbocycles. The molecule has 23 heavy (non-hydrogen) atoms. The molecule has 6 nitrogen and oxygen atoms in total. The Hall–Kier alpha value is -0.850. The molecule has 0 aromatic carbocycles. The van der Waals surface area contributed by atoms with E-state index in [2.05, 4.69) is 10.2 Å². The van der Waals surface area contributed by atoms with Crippen molar-refractivity contribution in [3.05, 3.63) is 0 Å². The second-order valence-electron chi connectivity index (χ2n) is 7.51. The lowest BCUT2D eigenvalue weighted by molar-refractivity contribution is -0.183. The number of carbonyl (C=O) groups is 1. The Morgan fingerprint density at radius 3 is 2.35 bits per heavy atom. The van der Waals surface area contributed by atoms with Gasteiger partial charge in [0.05, 0.1) is 13.2 Å². The maximum atomic E-state index is 11.8. The molecule has 3 heterocycles. The van der Waals surface area contributed by atoms with E-state index < -0.39 is 0 Å². The average molecular weight is 323 g/mol. The minimum absolute atomic E-state index is 0.137. The summed E-state index contributed by atoms with van der Waals surface area (Å²) in [5, 5.41) is 2.92. The highest BCUT2D eigenvalue weighted by Gasteiger charge is 2.40. The largest absolute Gasteiger partial charge is 0.348 e. The summed E-state index contributed by atoms with van der Waals surface area (Å²) in [5.74, 6) is 0.548. The van der Waals surface area contributed by atoms with E-state index in [0.717, 1.165) is 71.0 Å². The third-order valence-corrected chi connectivity index (χ3v) is 6.08. The summed E-state index contributed by atoms with van der Waals surface area (Å²) in [6.07, 6.45) is 6.79. The molecule has 0 aromatic rings. The van der Waals surface area contributed by atoms with Gasteiger partial charge in [-0.15, -0.1) is 0 Å². The van der Waals surface area contributed by atoms with Crippen LogP contribution in [0.3, 0.4) is 0 Å². The van der Waals surface area contributed by atoms with Crippen molar-refractivity contribution < 1.29 is 14.3 Å². The van der Waals surface area contributed by atoms with Crippen molar-refractivity contribution in [3.8, 4) is 0 Å². The van der Waals surface area contributed by atoms with Crippen LogP contribution in [0, 0.1) is 5.92 Å². The van der Waals surface area contributed by atoms with Crippen molar-refractivity contribution in [2.75, 3.05) is 45.9 Å². The Bertz CT molecular complexity index is 421. The number of carbonyl (C=O) groups excluding carboxylic acids is 1. The zero-order valence-corrected chi connectivity index (χ0v) is 14.0. The molecule has 4 aliphatic rings. The Morgan fingerprint density at radius 1 is 1.04 bits per heavy atom. The smallest absolute Gasteiger partial charge is 0.317 e. The fraction of sp³-hybridized carbons (Fsp3) is 0.941. The van der Waals surface area contributed by atoms with Crippen LogP contribution in [0.5, 0.6) is 0 Å². The molecule has 1 saturated carbocycles. The second kappa shape index (κ2) is 6.57. The SMILES string of the molecule is O=C1NCCN1C1CCN(CC2CCC3(CC2)OCCO3)CC1. The number of ether oxygens (including phenoxy) is 2. The maximum Gasteiger partial charge on any atom is 0.317 e. The first-order chi connectivity index (χ1) is 11.2. The van der Waals surface area contributed by atoms with E-state index in [9.17, 15) is 4.79 Å². The number of amides is 2. The number of piperidine rings is 1. The Balaban J connectivity index is 1.20. The zero-order valence-electron chi connectivity index (χ0n) is 14.0. The number of rotatable bonds is 3. The fourth-order valence-corrected chi connectivity index (χ4v) is 4.70. The van der Waals surface area contributed by atoms with Crippen LogP contribution in [-0.4, -0.2) is 73.6 Å². The molecule has 1 spiro atoms. The number of likely N-dealkylation sites (tertiary alicyclic amines) is 1. The van der Waals surface area contributed by atoms with Crippen molar-refractivity contribution in [2.45, 2.75) is 50.4 Å². The molecule has 0 unspecified atom stereocenters. The van der Waals surface area contributed by atoms with Gasteiger partial charge >= 0.3 is 6.03 Å². The lowest BCUT2D eigenvalue weighted by atomic mass is 9.84. The van der Waals surface area contributed by atoms with Gasteiger partial charge in [-0.2, -0.15) is 0 Å². The van der Waals surface area contributed by atoms with E-state index in [4.69, 9.17) is 9.47 Å². The van der Waals surface area contributed by atoms with Gasteiger partial charge in [-0.1, -0.05) is 0 Å². The van der Waals surface area contributed by atoms with E-state index in [0.29, 0.717) is 6.04 Å². The van der Waals surface area contributed by atoms with E-state index >= 15 is 0 Å². The molecule has 3 saturated heterocycles. The van der Waals surface area contributed by atoms with Crippen molar-refractivity contribution in [2.24, 2.45) is 5.92 Å². The summed E-state index contributed by atoms with van der Waals surface area (Å²) in [6, 6.07) is 0.584. The summed E-state index contributed by atoms with van der Waals surface area (Å²) in [7, 11) is 0. The molecular formula is C17H29N3O3. The standard InChI is InChI=1S/C17H29N3O3/c21-16-18-7-10-20(16)15-3-8-19(9-4-15)13-14-1-5-17(6-2-14)22-11-12-23-17/h14-15H,1-13H2,(H,18,21). The quantitative estimate of drug-likeness (QED) is 0.853. The van der Waals surface area contributed by atoms with Crippen molar-refractivity contribution >= 4 is 6.03 Å². The third-order valence-electron chi connectivity index (χ3n) is 6.08. The highest BCUT2D eigenvalue weighted by atomic mass is 16.7. The van der Waals surface area contributed by atoms with Gasteiger partial charge < -0.3 is 24.6 Å². The first-order valence-corrected chi connectivity index (χ1v) is 9.29. The van der Waals surface area contributed by atoms with Gasteiger partial charge in [0.2, 0.25) is 0 Å². The lowest BCUT2D eigenvalue weighted by Crippen LogP contribution is -2.47. The predicted molar refractivity (Wildman–Crippen MR) is 86.2 cm³/mol. The monoisotopic (exact) mass is 323 g/mol. The van der Waals surface area contributed by atoms with Crippen molar-refractivity contribution in [1.82, 2.24) is 15.1 Å². The highest BCUT2D eigenvalue weighted by molar-refractivity contribution is 5.76. The molecule has 0 bridgehead atoms. The Morgan fingerprint density at radius 2 is 1.74 bits per heavy atom. The van der Waals surface area contributed by atoms with Crippen LogP contribution in [0.2, 0.25) is 0 Å². The van der Waals surface area contributed by atoms with Crippen LogP contribution in [0.1, 0.15) is 38.5 Å². The minimum atomic E-state index is -0.230. The summed E-state index contributed by atoms with van der Waals surface area (Å²) in [6.45, 7) is 6.69. The normalized spacial score (nSPS) is 30.3. The average Bonchev–Trinajstić information content (AvgIpc) is 3.20. The minimum Gasteiger partial charge on any atom is -0.348 e. The molecule has 0 aromatic heterocycles. The van der Waals surface area contributed by atoms with Crippen LogP contribution in [0.4, 0.5) is 4.79 Å². The van der Waals surface area contributed by atoms with Gasteiger partial charge in [0.25, 0.3) is 0 Å². The van der Waals surface area contributed by atoms with E-state index in [1.807, 2.05) is 4.90 Å². The summed E-state index contributed by atoms with van der Waals surface area (Å²) in [4.78, 5) is 16.4. The van der Waals surface area contributed by atoms with Crippen LogP contribution in [0.15, 0.2) is 0 Å². The highest BCUT2D eigenvalue weighted by Crippen LogP contribution is 2.38. The van der Waals surface area contributed by atoms with Crippen LogP contribution >= 0.6 is 0 Å². The second-order valence-corrected chi connectivity index (χ2v) is 7.51. The number of hydrogen-bond acceptors (Lipinski definition) is 4. The van der Waals surface area contributed by atoms with E-state index in [1.165, 1.54) is 19.4 Å². The first kappa shape index (κ1) is 15.7. The Labute approximate surface area is 138 Å². The van der Waals surface area contributed by atoms with Crippen molar-refractivity contribution in [3.63, 3.8) is 0 Å². The molecule has 1 N–H and O–H groups in total. The molecular weight excluding hydrogens is 294 g/mol. The van der Waals surface area contributed by atoms with Gasteiger partial charge in [0, 0.05) is 51.6 Å².